The maximum atomic E-state index is 13.1. The van der Waals surface area contributed by atoms with Crippen molar-refractivity contribution in [3.8, 4) is 0 Å². The number of amides is 1. The Morgan fingerprint density at radius 3 is 2.83 bits per heavy atom. The molecule has 0 aliphatic carbocycles. The van der Waals surface area contributed by atoms with Crippen molar-refractivity contribution in [1.29, 1.82) is 0 Å². The number of aliphatic hydroxyl groups is 1. The Morgan fingerprint density at radius 2 is 2.28 bits per heavy atom. The number of β-amino-alcohol motifs (C(OH)–C–C–N with tert-alkyl or cyclic N) is 1. The van der Waals surface area contributed by atoms with Gasteiger partial charge in [-0.1, -0.05) is 11.6 Å². The van der Waals surface area contributed by atoms with E-state index in [0.717, 1.165) is 6.07 Å². The van der Waals surface area contributed by atoms with E-state index in [-0.39, 0.29) is 23.3 Å². The number of aliphatic hydroxyl groups excluding tert-OH is 1. The minimum absolute atomic E-state index is 0. The lowest BCUT2D eigenvalue weighted by molar-refractivity contribution is -0.117. The maximum absolute atomic E-state index is 13.1. The Hall–Kier alpha value is -0.880. The molecule has 1 saturated heterocycles. The number of nitrogens with one attached hydrogen (secondary N) is 2. The third-order valence-electron chi connectivity index (χ3n) is 2.61. The van der Waals surface area contributed by atoms with Gasteiger partial charge in [-0.3, -0.25) is 4.79 Å². The van der Waals surface area contributed by atoms with Crippen LogP contribution in [-0.4, -0.2) is 29.7 Å². The first kappa shape index (κ1) is 15.2. The Morgan fingerprint density at radius 1 is 1.56 bits per heavy atom. The fraction of sp³-hybridized carbons (Fsp3) is 0.364. The molecule has 1 aliphatic heterocycles. The fourth-order valence-electron chi connectivity index (χ4n) is 1.72. The summed E-state index contributed by atoms with van der Waals surface area (Å²) < 4.78 is 13.1. The summed E-state index contributed by atoms with van der Waals surface area (Å²) in [5.41, 5.74) is 0.347. The third kappa shape index (κ3) is 3.55. The molecule has 0 spiro atoms. The van der Waals surface area contributed by atoms with E-state index in [1.807, 2.05) is 0 Å². The SMILES string of the molecule is Cl.O=C(Nc1ccc(Cl)c(F)c1)C1CC(O)CN1. The minimum Gasteiger partial charge on any atom is -0.392 e. The number of hydrogen-bond donors (Lipinski definition) is 3. The third-order valence-corrected chi connectivity index (χ3v) is 2.92. The fourth-order valence-corrected chi connectivity index (χ4v) is 1.84. The molecule has 1 aromatic rings. The van der Waals surface area contributed by atoms with Crippen molar-refractivity contribution in [2.75, 3.05) is 11.9 Å². The molecule has 0 saturated carbocycles. The monoisotopic (exact) mass is 294 g/mol. The Balaban J connectivity index is 0.00000162. The summed E-state index contributed by atoms with van der Waals surface area (Å²) in [6, 6.07) is 3.62. The maximum Gasteiger partial charge on any atom is 0.241 e. The molecule has 1 fully saturated rings. The first-order valence-electron chi connectivity index (χ1n) is 5.23. The zero-order chi connectivity index (χ0) is 12.4. The lowest BCUT2D eigenvalue weighted by Gasteiger charge is -2.11. The normalized spacial score (nSPS) is 22.4. The molecule has 1 aromatic carbocycles. The van der Waals surface area contributed by atoms with E-state index >= 15 is 0 Å². The van der Waals surface area contributed by atoms with Crippen LogP contribution in [0.15, 0.2) is 18.2 Å². The smallest absolute Gasteiger partial charge is 0.241 e. The number of halogens is 3. The van der Waals surface area contributed by atoms with Crippen LogP contribution < -0.4 is 10.6 Å². The summed E-state index contributed by atoms with van der Waals surface area (Å²) in [7, 11) is 0. The van der Waals surface area contributed by atoms with Crippen LogP contribution in [0, 0.1) is 5.82 Å². The second kappa shape index (κ2) is 6.33. The van der Waals surface area contributed by atoms with Gasteiger partial charge in [0.15, 0.2) is 0 Å². The molecule has 2 atom stereocenters. The predicted octanol–water partition coefficient (Wildman–Crippen LogP) is 1.56. The van der Waals surface area contributed by atoms with Gasteiger partial charge in [-0.2, -0.15) is 0 Å². The Kier molecular flexibility index (Phi) is 5.34. The van der Waals surface area contributed by atoms with Crippen LogP contribution in [-0.2, 0) is 4.79 Å². The Labute approximate surface area is 115 Å². The number of hydrogen-bond acceptors (Lipinski definition) is 3. The highest BCUT2D eigenvalue weighted by Crippen LogP contribution is 2.19. The molecule has 2 unspecified atom stereocenters. The highest BCUT2D eigenvalue weighted by molar-refractivity contribution is 6.30. The summed E-state index contributed by atoms with van der Waals surface area (Å²) in [6.07, 6.45) is -0.144. The van der Waals surface area contributed by atoms with Gasteiger partial charge in [-0.15, -0.1) is 12.4 Å². The van der Waals surface area contributed by atoms with Crippen molar-refractivity contribution in [2.24, 2.45) is 0 Å². The van der Waals surface area contributed by atoms with Crippen molar-refractivity contribution >= 4 is 35.6 Å². The zero-order valence-corrected chi connectivity index (χ0v) is 10.9. The molecular formula is C11H13Cl2FN2O2. The molecule has 1 amide bonds. The number of anilines is 1. The largest absolute Gasteiger partial charge is 0.392 e. The highest BCUT2D eigenvalue weighted by Gasteiger charge is 2.27. The summed E-state index contributed by atoms with van der Waals surface area (Å²) in [5, 5.41) is 14.7. The molecule has 100 valence electrons. The number of carbonyl (C=O) groups is 1. The molecule has 1 heterocycles. The van der Waals surface area contributed by atoms with E-state index < -0.39 is 18.0 Å². The van der Waals surface area contributed by atoms with Gasteiger partial charge in [0.1, 0.15) is 5.82 Å². The minimum atomic E-state index is -0.580. The lowest BCUT2D eigenvalue weighted by atomic mass is 10.2. The standard InChI is InChI=1S/C11H12ClFN2O2.ClH/c12-8-2-1-6(3-9(8)13)15-11(17)10-4-7(16)5-14-10;/h1-3,7,10,14,16H,4-5H2,(H,15,17);1H. The summed E-state index contributed by atoms with van der Waals surface area (Å²) in [6.45, 7) is 0.396. The topological polar surface area (TPSA) is 61.4 Å². The molecule has 0 bridgehead atoms. The van der Waals surface area contributed by atoms with Gasteiger partial charge in [-0.05, 0) is 24.6 Å². The predicted molar refractivity (Wildman–Crippen MR) is 69.7 cm³/mol. The molecule has 2 rings (SSSR count). The average Bonchev–Trinajstić information content (AvgIpc) is 2.70. The van der Waals surface area contributed by atoms with E-state index in [0.29, 0.717) is 18.7 Å². The van der Waals surface area contributed by atoms with Crippen LogP contribution in [0.3, 0.4) is 0 Å². The molecule has 0 radical (unpaired) electrons. The molecular weight excluding hydrogens is 282 g/mol. The second-order valence-corrected chi connectivity index (χ2v) is 4.38. The van der Waals surface area contributed by atoms with Crippen LogP contribution in [0.4, 0.5) is 10.1 Å². The molecule has 18 heavy (non-hydrogen) atoms. The van der Waals surface area contributed by atoms with Crippen molar-refractivity contribution in [3.63, 3.8) is 0 Å². The molecule has 1 aliphatic rings. The van der Waals surface area contributed by atoms with Gasteiger partial charge in [0.2, 0.25) is 5.91 Å². The van der Waals surface area contributed by atoms with Crippen LogP contribution in [0.1, 0.15) is 6.42 Å². The van der Waals surface area contributed by atoms with Gasteiger partial charge in [0.05, 0.1) is 17.2 Å². The van der Waals surface area contributed by atoms with E-state index in [4.69, 9.17) is 11.6 Å². The molecule has 0 aromatic heterocycles. The second-order valence-electron chi connectivity index (χ2n) is 3.97. The van der Waals surface area contributed by atoms with Crippen LogP contribution in [0.5, 0.6) is 0 Å². The summed E-state index contributed by atoms with van der Waals surface area (Å²) in [5.74, 6) is -0.868. The van der Waals surface area contributed by atoms with Crippen molar-refractivity contribution in [2.45, 2.75) is 18.6 Å². The Bertz CT molecular complexity index is 445. The quantitative estimate of drug-likeness (QED) is 0.776. The van der Waals surface area contributed by atoms with Gasteiger partial charge in [0.25, 0.3) is 0 Å². The van der Waals surface area contributed by atoms with Gasteiger partial charge >= 0.3 is 0 Å². The highest BCUT2D eigenvalue weighted by atomic mass is 35.5. The van der Waals surface area contributed by atoms with Crippen LogP contribution in [0.2, 0.25) is 5.02 Å². The van der Waals surface area contributed by atoms with Gasteiger partial charge in [-0.25, -0.2) is 4.39 Å². The van der Waals surface area contributed by atoms with Crippen LogP contribution >= 0.6 is 24.0 Å². The molecule has 7 heteroatoms. The van der Waals surface area contributed by atoms with Crippen LogP contribution in [0.25, 0.3) is 0 Å². The van der Waals surface area contributed by atoms with E-state index in [9.17, 15) is 14.3 Å². The van der Waals surface area contributed by atoms with E-state index in [2.05, 4.69) is 10.6 Å². The van der Waals surface area contributed by atoms with Gasteiger partial charge < -0.3 is 15.7 Å². The zero-order valence-electron chi connectivity index (χ0n) is 9.32. The van der Waals surface area contributed by atoms with Crippen molar-refractivity contribution < 1.29 is 14.3 Å². The number of rotatable bonds is 2. The molecule has 4 nitrogen and oxygen atoms in total. The number of benzene rings is 1. The summed E-state index contributed by atoms with van der Waals surface area (Å²) >= 11 is 5.53. The van der Waals surface area contributed by atoms with Crippen molar-refractivity contribution in [1.82, 2.24) is 5.32 Å². The summed E-state index contributed by atoms with van der Waals surface area (Å²) in [4.78, 5) is 11.7. The number of carbonyl (C=O) groups excluding carboxylic acids is 1. The van der Waals surface area contributed by atoms with E-state index in [1.165, 1.54) is 12.1 Å². The lowest BCUT2D eigenvalue weighted by Crippen LogP contribution is -2.35. The first-order valence-corrected chi connectivity index (χ1v) is 5.61. The van der Waals surface area contributed by atoms with Gasteiger partial charge in [0, 0.05) is 12.2 Å². The van der Waals surface area contributed by atoms with E-state index in [1.54, 1.807) is 0 Å². The van der Waals surface area contributed by atoms with Crippen molar-refractivity contribution in [3.05, 3.63) is 29.0 Å². The first-order chi connectivity index (χ1) is 8.06. The average molecular weight is 295 g/mol. The molecule has 3 N–H and O–H groups in total.